The zero-order valence-corrected chi connectivity index (χ0v) is 51.7. The zero-order valence-electron chi connectivity index (χ0n) is 49.9. The number of unbranched alkanes of at least 4 members (excludes halogenated alkanes) is 4. The molecule has 0 aromatic rings. The molecule has 0 aliphatic heterocycles. The standard InChI is InChI=1S/C52H100N4O25P2/c1-34(59)40(55-44(62)16-12-10-14-18-75-42-28-38(30-57)48(64)50(66)46(42)53-36(3)60)33-80-82(68,70-8)78-26-24-73-22-20-72-21-23-74-25-27-79-83(69,71-9)81-35(2)41(32-77-52(5,6)7)56-45(63)17-13-11-15-19-76-43-29-39(31-58)49(65)51(67)47(43)54-37(4)61/h34-35,38-43,46-51,57-59,64-67H,10-33H2,1-9H3,(H,53,60)(H,54,61)(H,55,62)(H,56,63)/t34?,35?,38?,39?,40?,41?,42?,43-,46?,47?,48?,49+,50?,51-,82?,83?/m1/s1. The molecule has 0 spiro atoms. The zero-order chi connectivity index (χ0) is 62.2. The Morgan fingerprint density at radius 3 is 1.35 bits per heavy atom. The van der Waals surface area contributed by atoms with Gasteiger partial charge in [0.05, 0.1) is 132 Å². The molecule has 0 aromatic heterocycles. The highest BCUT2D eigenvalue weighted by molar-refractivity contribution is 7.48. The number of carbonyl (C=O) groups is 4. The Hall–Kier alpha value is -2.42. The molecule has 13 unspecified atom stereocenters. The number of hydrogen-bond donors (Lipinski definition) is 11. The van der Waals surface area contributed by atoms with Crippen molar-refractivity contribution in [3.8, 4) is 0 Å². The topological polar surface area (TPSA) is 403 Å². The number of aliphatic hydroxyl groups is 7. The molecule has 0 heterocycles. The summed E-state index contributed by atoms with van der Waals surface area (Å²) in [4.78, 5) is 49.2. The normalized spacial score (nSPS) is 26.0. The van der Waals surface area contributed by atoms with E-state index < -0.39 is 119 Å². The van der Waals surface area contributed by atoms with Gasteiger partial charge in [-0.2, -0.15) is 0 Å². The second-order valence-electron chi connectivity index (χ2n) is 21.6. The van der Waals surface area contributed by atoms with E-state index in [-0.39, 0.29) is 129 Å². The largest absolute Gasteiger partial charge is 0.474 e. The van der Waals surface area contributed by atoms with Crippen molar-refractivity contribution >= 4 is 39.3 Å². The van der Waals surface area contributed by atoms with Crippen LogP contribution in [-0.4, -0.2) is 245 Å². The Bertz CT molecular complexity index is 1930. The number of hydrogen-bond acceptors (Lipinski definition) is 25. The van der Waals surface area contributed by atoms with Crippen LogP contribution >= 0.6 is 15.6 Å². The summed E-state index contributed by atoms with van der Waals surface area (Å²) < 4.78 is 92.8. The van der Waals surface area contributed by atoms with Crippen LogP contribution in [0.1, 0.15) is 113 Å². The van der Waals surface area contributed by atoms with Crippen molar-refractivity contribution in [1.29, 1.82) is 0 Å². The van der Waals surface area contributed by atoms with Gasteiger partial charge in [-0.15, -0.1) is 0 Å². The molecular weight excluding hydrogens is 1140 g/mol. The second-order valence-corrected chi connectivity index (χ2v) is 25.1. The van der Waals surface area contributed by atoms with E-state index in [1.165, 1.54) is 27.9 Å². The van der Waals surface area contributed by atoms with Gasteiger partial charge >= 0.3 is 15.6 Å². The Balaban J connectivity index is 1.63. The summed E-state index contributed by atoms with van der Waals surface area (Å²) in [5.41, 5.74) is -0.570. The molecule has 0 saturated heterocycles. The number of rotatable bonds is 45. The summed E-state index contributed by atoms with van der Waals surface area (Å²) in [6.45, 7) is 10.9. The van der Waals surface area contributed by atoms with Gasteiger partial charge in [-0.3, -0.25) is 46.3 Å². The quantitative estimate of drug-likeness (QED) is 0.0293. The van der Waals surface area contributed by atoms with Gasteiger partial charge in [0.25, 0.3) is 0 Å². The van der Waals surface area contributed by atoms with Gasteiger partial charge in [0.1, 0.15) is 12.2 Å². The van der Waals surface area contributed by atoms with Crippen molar-refractivity contribution in [1.82, 2.24) is 21.3 Å². The van der Waals surface area contributed by atoms with Gasteiger partial charge in [0, 0.05) is 79.2 Å². The lowest BCUT2D eigenvalue weighted by Crippen LogP contribution is -2.61. The van der Waals surface area contributed by atoms with E-state index in [9.17, 15) is 64.1 Å². The van der Waals surface area contributed by atoms with Gasteiger partial charge < -0.3 is 85.4 Å². The Labute approximate surface area is 488 Å². The minimum absolute atomic E-state index is 0.00443. The number of amides is 4. The maximum Gasteiger partial charge on any atom is 0.474 e. The monoisotopic (exact) mass is 1240 g/mol. The van der Waals surface area contributed by atoms with E-state index in [1.54, 1.807) is 6.92 Å². The molecule has 2 rings (SSSR count). The SMILES string of the molecule is COP(=O)(OCCOCCOCCOCCOP(=O)(OC)OC(C)C(COC(C)(C)C)NC(=O)CCCCCO[C@@H]1CC(CO)[C@H](O)[C@H](O)C1NC(C)=O)OCC(NC(=O)CCCCCOC1CC(CO)C(O)C(O)C1NC(C)=O)C(C)O. The number of carbonyl (C=O) groups excluding carboxylic acids is 4. The highest BCUT2D eigenvalue weighted by Crippen LogP contribution is 2.50. The fraction of sp³-hybridized carbons (Fsp3) is 0.923. The van der Waals surface area contributed by atoms with Gasteiger partial charge in [0.2, 0.25) is 23.6 Å². The summed E-state index contributed by atoms with van der Waals surface area (Å²) in [6.07, 6.45) is -4.27. The van der Waals surface area contributed by atoms with Crippen LogP contribution in [0.2, 0.25) is 0 Å². The third-order valence-corrected chi connectivity index (χ3v) is 16.6. The van der Waals surface area contributed by atoms with Gasteiger partial charge in [0.15, 0.2) is 0 Å². The lowest BCUT2D eigenvalue weighted by atomic mass is 9.79. The number of ether oxygens (including phenoxy) is 6. The van der Waals surface area contributed by atoms with E-state index in [1.807, 2.05) is 20.8 Å². The first kappa shape index (κ1) is 76.7. The van der Waals surface area contributed by atoms with Crippen LogP contribution in [0, 0.1) is 11.8 Å². The summed E-state index contributed by atoms with van der Waals surface area (Å²) in [5, 5.41) is 82.0. The van der Waals surface area contributed by atoms with Crippen LogP contribution in [-0.2, 0) is 83.9 Å². The van der Waals surface area contributed by atoms with Crippen molar-refractivity contribution < 1.29 is 120 Å². The first-order valence-electron chi connectivity index (χ1n) is 28.5. The molecular formula is C52H100N4O25P2. The molecule has 2 aliphatic carbocycles. The molecule has 83 heavy (non-hydrogen) atoms. The van der Waals surface area contributed by atoms with Gasteiger partial charge in [-0.25, -0.2) is 9.13 Å². The average molecular weight is 1240 g/mol. The predicted octanol–water partition coefficient (Wildman–Crippen LogP) is 0.534. The first-order chi connectivity index (χ1) is 39.2. The molecule has 11 N–H and O–H groups in total. The molecule has 2 saturated carbocycles. The van der Waals surface area contributed by atoms with Gasteiger partial charge in [-0.05, 0) is 73.1 Å². The van der Waals surface area contributed by atoms with Gasteiger partial charge in [-0.1, -0.05) is 12.8 Å². The van der Waals surface area contributed by atoms with E-state index in [0.717, 1.165) is 7.11 Å². The lowest BCUT2D eigenvalue weighted by Gasteiger charge is -2.42. The molecule has 488 valence electrons. The fourth-order valence-corrected chi connectivity index (χ4v) is 10.9. The van der Waals surface area contributed by atoms with Crippen molar-refractivity contribution in [3.63, 3.8) is 0 Å². The van der Waals surface area contributed by atoms with Crippen LogP contribution in [0.4, 0.5) is 0 Å². The Morgan fingerprint density at radius 2 is 0.964 bits per heavy atom. The summed E-state index contributed by atoms with van der Waals surface area (Å²) >= 11 is 0. The molecule has 16 atom stereocenters. The summed E-state index contributed by atoms with van der Waals surface area (Å²) in [5.74, 6) is -2.69. The minimum Gasteiger partial charge on any atom is -0.396 e. The smallest absolute Gasteiger partial charge is 0.396 e. The fourth-order valence-electron chi connectivity index (χ4n) is 8.89. The van der Waals surface area contributed by atoms with E-state index in [4.69, 9.17) is 55.6 Å². The minimum atomic E-state index is -4.12. The van der Waals surface area contributed by atoms with Crippen LogP contribution in [0.3, 0.4) is 0 Å². The lowest BCUT2D eigenvalue weighted by molar-refractivity contribution is -0.142. The van der Waals surface area contributed by atoms with Crippen molar-refractivity contribution in [2.24, 2.45) is 11.8 Å². The third kappa shape index (κ3) is 30.9. The molecule has 0 bridgehead atoms. The maximum absolute atomic E-state index is 13.4. The molecule has 29 nitrogen and oxygen atoms in total. The number of nitrogens with one attached hydrogen (secondary N) is 4. The molecule has 2 fully saturated rings. The van der Waals surface area contributed by atoms with Crippen LogP contribution in [0.15, 0.2) is 0 Å². The molecule has 31 heteroatoms. The first-order valence-corrected chi connectivity index (χ1v) is 31.4. The third-order valence-electron chi connectivity index (χ3n) is 13.6. The second kappa shape index (κ2) is 40.9. The molecule has 0 radical (unpaired) electrons. The van der Waals surface area contributed by atoms with Crippen molar-refractivity contribution in [2.45, 2.75) is 191 Å². The van der Waals surface area contributed by atoms with E-state index in [0.29, 0.717) is 38.5 Å². The van der Waals surface area contributed by atoms with E-state index >= 15 is 0 Å². The number of phosphoric ester groups is 2. The molecule has 2 aliphatic rings. The number of aliphatic hydroxyl groups excluding tert-OH is 7. The summed E-state index contributed by atoms with van der Waals surface area (Å²) in [7, 11) is -5.93. The number of phosphoric acid groups is 2. The highest BCUT2D eigenvalue weighted by atomic mass is 31.2. The molecule has 4 amide bonds. The van der Waals surface area contributed by atoms with Crippen molar-refractivity contribution in [3.05, 3.63) is 0 Å². The van der Waals surface area contributed by atoms with Crippen LogP contribution in [0.25, 0.3) is 0 Å². The Morgan fingerprint density at radius 1 is 0.554 bits per heavy atom. The summed E-state index contributed by atoms with van der Waals surface area (Å²) in [6, 6.07) is -3.37. The van der Waals surface area contributed by atoms with E-state index in [2.05, 4.69) is 21.3 Å². The maximum atomic E-state index is 13.4. The molecule has 0 aromatic carbocycles. The van der Waals surface area contributed by atoms with Crippen molar-refractivity contribution in [2.75, 3.05) is 107 Å². The highest BCUT2D eigenvalue weighted by Gasteiger charge is 2.45. The average Bonchev–Trinajstić information content (AvgIpc) is 3.62. The van der Waals surface area contributed by atoms with Crippen LogP contribution < -0.4 is 21.3 Å². The van der Waals surface area contributed by atoms with Crippen LogP contribution in [0.5, 0.6) is 0 Å². The predicted molar refractivity (Wildman–Crippen MR) is 297 cm³/mol. The Kier molecular flexibility index (Phi) is 37.8.